The number of benzene rings is 3. The second kappa shape index (κ2) is 15.7. The van der Waals surface area contributed by atoms with Crippen molar-refractivity contribution < 1.29 is 23.5 Å². The lowest BCUT2D eigenvalue weighted by atomic mass is 9.86. The number of hydrogen-bond acceptors (Lipinski definition) is 6. The second-order valence-corrected chi connectivity index (χ2v) is 14.7. The van der Waals surface area contributed by atoms with Gasteiger partial charge in [-0.3, -0.25) is 19.6 Å². The Balaban J connectivity index is 1.37. The maximum atomic E-state index is 14.9. The van der Waals surface area contributed by atoms with Gasteiger partial charge in [0.1, 0.15) is 30.9 Å². The number of nitrogens with zero attached hydrogens (tertiary/aromatic N) is 5. The van der Waals surface area contributed by atoms with E-state index in [1.54, 1.807) is 4.90 Å². The van der Waals surface area contributed by atoms with Gasteiger partial charge in [-0.25, -0.2) is 9.18 Å². The van der Waals surface area contributed by atoms with Crippen LogP contribution in [0, 0.1) is 0 Å². The highest BCUT2D eigenvalue weighted by Gasteiger charge is 2.45. The Kier molecular flexibility index (Phi) is 11.3. The minimum Gasteiger partial charge on any atom is -0.490 e. The van der Waals surface area contributed by atoms with Crippen molar-refractivity contribution in [3.05, 3.63) is 99.0 Å². The van der Waals surface area contributed by atoms with Crippen LogP contribution in [0.25, 0.3) is 0 Å². The zero-order chi connectivity index (χ0) is 35.4. The standard InChI is InChI=1S/C38H44Cl2FN5O4/c1-38(2,3)28-8-13-31(32(24-28)50-21-14-41)36-42-34(26-4-9-29(39)10-5-26)35(27-6-11-30(40)12-7-27)46(36)37(48)45-17-15-43(16-18-45)25-33(47)44-19-22-49-23-20-44/h4-13,24,34-35H,14-23,25H2,1-3H3/t34-,35+/m0/s1. The summed E-state index contributed by atoms with van der Waals surface area (Å²) in [5.41, 5.74) is 3.16. The van der Waals surface area contributed by atoms with Crippen molar-refractivity contribution in [1.29, 1.82) is 0 Å². The molecule has 6 rings (SSSR count). The van der Waals surface area contributed by atoms with Crippen LogP contribution in [0.5, 0.6) is 5.75 Å². The molecule has 0 aliphatic carbocycles. The number of morpholine rings is 1. The molecule has 2 fully saturated rings. The summed E-state index contributed by atoms with van der Waals surface area (Å²) in [4.78, 5) is 40.7. The molecule has 0 spiro atoms. The Morgan fingerprint density at radius 2 is 1.48 bits per heavy atom. The van der Waals surface area contributed by atoms with Crippen molar-refractivity contribution in [1.82, 2.24) is 19.6 Å². The molecule has 50 heavy (non-hydrogen) atoms. The molecule has 12 heteroatoms. The Labute approximate surface area is 303 Å². The molecule has 0 radical (unpaired) electrons. The Hall–Kier alpha value is -3.70. The second-order valence-electron chi connectivity index (χ2n) is 13.9. The molecule has 0 saturated carbocycles. The summed E-state index contributed by atoms with van der Waals surface area (Å²) < 4.78 is 25.0. The number of rotatable bonds is 8. The van der Waals surface area contributed by atoms with Crippen LogP contribution in [0.1, 0.15) is 55.1 Å². The van der Waals surface area contributed by atoms with Gasteiger partial charge < -0.3 is 19.3 Å². The third-order valence-corrected chi connectivity index (χ3v) is 9.99. The fraction of sp³-hybridized carbons (Fsp3) is 0.447. The number of aliphatic imine (C=N–C) groups is 1. The van der Waals surface area contributed by atoms with Gasteiger partial charge in [0.05, 0.1) is 31.4 Å². The number of carbonyl (C=O) groups is 2. The van der Waals surface area contributed by atoms with Crippen molar-refractivity contribution in [2.24, 2.45) is 4.99 Å². The number of amides is 3. The molecule has 0 aromatic heterocycles. The van der Waals surface area contributed by atoms with Gasteiger partial charge in [-0.1, -0.05) is 74.3 Å². The predicted molar refractivity (Wildman–Crippen MR) is 194 cm³/mol. The van der Waals surface area contributed by atoms with E-state index in [1.807, 2.05) is 76.5 Å². The van der Waals surface area contributed by atoms with Gasteiger partial charge in [0.25, 0.3) is 0 Å². The van der Waals surface area contributed by atoms with E-state index in [0.717, 1.165) is 16.7 Å². The molecule has 0 unspecified atom stereocenters. The smallest absolute Gasteiger partial charge is 0.326 e. The monoisotopic (exact) mass is 723 g/mol. The molecule has 3 aromatic rings. The van der Waals surface area contributed by atoms with E-state index in [0.29, 0.717) is 86.2 Å². The fourth-order valence-electron chi connectivity index (χ4n) is 6.65. The third kappa shape index (κ3) is 8.09. The minimum absolute atomic E-state index is 0.0789. The maximum absolute atomic E-state index is 14.9. The van der Waals surface area contributed by atoms with Crippen molar-refractivity contribution in [2.45, 2.75) is 38.3 Å². The van der Waals surface area contributed by atoms with Gasteiger partial charge in [-0.05, 0) is 58.5 Å². The van der Waals surface area contributed by atoms with E-state index < -0.39 is 18.8 Å². The molecule has 0 N–H and O–H groups in total. The highest BCUT2D eigenvalue weighted by Crippen LogP contribution is 2.46. The van der Waals surface area contributed by atoms with E-state index in [1.165, 1.54) is 0 Å². The van der Waals surface area contributed by atoms with Crippen LogP contribution in [-0.4, -0.2) is 110 Å². The van der Waals surface area contributed by atoms with Crippen molar-refractivity contribution in [3.8, 4) is 5.75 Å². The number of hydrogen-bond donors (Lipinski definition) is 0. The first-order valence-corrected chi connectivity index (χ1v) is 17.9. The van der Waals surface area contributed by atoms with Crippen molar-refractivity contribution >= 4 is 41.0 Å². The van der Waals surface area contributed by atoms with E-state index in [4.69, 9.17) is 37.7 Å². The molecular formula is C38H44Cl2FN5O4. The van der Waals surface area contributed by atoms with Crippen molar-refractivity contribution in [2.75, 3.05) is 72.3 Å². The summed E-state index contributed by atoms with van der Waals surface area (Å²) in [6, 6.07) is 19.6. The molecule has 3 aliphatic rings. The van der Waals surface area contributed by atoms with Gasteiger partial charge in [0.15, 0.2) is 0 Å². The molecule has 2 atom stereocenters. The lowest BCUT2D eigenvalue weighted by molar-refractivity contribution is -0.136. The molecule has 0 bridgehead atoms. The Morgan fingerprint density at radius 3 is 2.08 bits per heavy atom. The van der Waals surface area contributed by atoms with E-state index in [-0.39, 0.29) is 24.0 Å². The molecule has 3 heterocycles. The number of alkyl halides is 1. The van der Waals surface area contributed by atoms with Crippen LogP contribution in [0.4, 0.5) is 9.18 Å². The van der Waals surface area contributed by atoms with E-state index in [9.17, 15) is 14.0 Å². The summed E-state index contributed by atoms with van der Waals surface area (Å²) in [5, 5.41) is 1.17. The first-order valence-electron chi connectivity index (χ1n) is 17.1. The van der Waals surface area contributed by atoms with Crippen LogP contribution >= 0.6 is 23.2 Å². The molecule has 266 valence electrons. The Morgan fingerprint density at radius 1 is 0.860 bits per heavy atom. The van der Waals surface area contributed by atoms with Gasteiger partial charge in [0, 0.05) is 49.3 Å². The number of ether oxygens (including phenoxy) is 2. The molecule has 2 saturated heterocycles. The topological polar surface area (TPSA) is 77.9 Å². The normalized spacial score (nSPS) is 20.2. The average Bonchev–Trinajstić information content (AvgIpc) is 3.51. The quantitative estimate of drug-likeness (QED) is 0.256. The molecule has 3 aliphatic heterocycles. The number of carbonyl (C=O) groups excluding carboxylic acids is 2. The lowest BCUT2D eigenvalue weighted by Crippen LogP contribution is -2.56. The first-order chi connectivity index (χ1) is 24.0. The molecular weight excluding hydrogens is 680 g/mol. The molecule has 3 aromatic carbocycles. The fourth-order valence-corrected chi connectivity index (χ4v) is 6.90. The highest BCUT2D eigenvalue weighted by molar-refractivity contribution is 6.30. The van der Waals surface area contributed by atoms with Crippen LogP contribution < -0.4 is 4.74 Å². The van der Waals surface area contributed by atoms with Gasteiger partial charge in [-0.15, -0.1) is 0 Å². The van der Waals surface area contributed by atoms with Crippen molar-refractivity contribution in [3.63, 3.8) is 0 Å². The average molecular weight is 725 g/mol. The summed E-state index contributed by atoms with van der Waals surface area (Å²) in [6.07, 6.45) is 0. The summed E-state index contributed by atoms with van der Waals surface area (Å²) in [5.74, 6) is 0.981. The van der Waals surface area contributed by atoms with E-state index >= 15 is 0 Å². The minimum atomic E-state index is -0.659. The van der Waals surface area contributed by atoms with E-state index in [2.05, 4.69) is 25.7 Å². The third-order valence-electron chi connectivity index (χ3n) is 9.48. The zero-order valence-corrected chi connectivity index (χ0v) is 30.3. The van der Waals surface area contributed by atoms with Gasteiger partial charge >= 0.3 is 6.03 Å². The zero-order valence-electron chi connectivity index (χ0n) is 28.8. The molecule has 9 nitrogen and oxygen atoms in total. The van der Waals surface area contributed by atoms with Crippen LogP contribution in [0.2, 0.25) is 10.0 Å². The summed E-state index contributed by atoms with van der Waals surface area (Å²) in [6.45, 7) is 10.1. The summed E-state index contributed by atoms with van der Waals surface area (Å²) in [7, 11) is 0. The van der Waals surface area contributed by atoms with Crippen LogP contribution in [-0.2, 0) is 14.9 Å². The van der Waals surface area contributed by atoms with Gasteiger partial charge in [-0.2, -0.15) is 0 Å². The number of amidine groups is 1. The summed E-state index contributed by atoms with van der Waals surface area (Å²) >= 11 is 12.6. The first kappa shape index (κ1) is 36.1. The highest BCUT2D eigenvalue weighted by atomic mass is 35.5. The predicted octanol–water partition coefficient (Wildman–Crippen LogP) is 6.78. The molecule has 3 amide bonds. The lowest BCUT2D eigenvalue weighted by Gasteiger charge is -2.39. The Bertz CT molecular complexity index is 1680. The maximum Gasteiger partial charge on any atom is 0.326 e. The van der Waals surface area contributed by atoms with Crippen LogP contribution in [0.15, 0.2) is 71.7 Å². The van der Waals surface area contributed by atoms with Gasteiger partial charge in [0.2, 0.25) is 5.91 Å². The van der Waals surface area contributed by atoms with Crippen LogP contribution in [0.3, 0.4) is 0 Å². The SMILES string of the molecule is CC(C)(C)c1ccc(C2=N[C@@H](c3ccc(Cl)cc3)[C@@H](c3ccc(Cl)cc3)N2C(=O)N2CCN(CC(=O)N3CCOCC3)CC2)c(OCCF)c1. The number of halogens is 3. The number of urea groups is 1. The number of piperazine rings is 1. The largest absolute Gasteiger partial charge is 0.490 e.